The van der Waals surface area contributed by atoms with Crippen LogP contribution in [-0.4, -0.2) is 59.1 Å². The third-order valence-corrected chi connectivity index (χ3v) is 8.01. The minimum Gasteiger partial charge on any atom is -0.391 e. The van der Waals surface area contributed by atoms with Crippen molar-refractivity contribution in [2.75, 3.05) is 31.1 Å². The monoisotopic (exact) mass is 475 g/mol. The minimum atomic E-state index is -0.403. The Balaban J connectivity index is 1.37. The highest BCUT2D eigenvalue weighted by molar-refractivity contribution is 7.99. The number of fused-ring (bicyclic) bond motifs is 2. The molecule has 3 aliphatic heterocycles. The number of benzene rings is 2. The molecule has 0 spiro atoms. The van der Waals surface area contributed by atoms with Crippen LogP contribution in [0.25, 0.3) is 0 Å². The number of hydrogen-bond acceptors (Lipinski definition) is 5. The second-order valence-electron chi connectivity index (χ2n) is 9.64. The molecule has 2 unspecified atom stereocenters. The zero-order chi connectivity index (χ0) is 23.7. The number of nitrogens with zero attached hydrogens (tertiary/aromatic N) is 3. The Hall–Kier alpha value is -2.70. The van der Waals surface area contributed by atoms with Gasteiger partial charge in [-0.25, -0.2) is 0 Å². The number of aliphatic hydroxyl groups excluding tert-OH is 1. The van der Waals surface area contributed by atoms with E-state index in [1.807, 2.05) is 12.1 Å². The molecule has 5 nitrogen and oxygen atoms in total. The molecule has 0 radical (unpaired) electrons. The van der Waals surface area contributed by atoms with Gasteiger partial charge in [0.1, 0.15) is 0 Å². The summed E-state index contributed by atoms with van der Waals surface area (Å²) in [5.41, 5.74) is 4.46. The van der Waals surface area contributed by atoms with Crippen LogP contribution >= 0.6 is 11.8 Å². The van der Waals surface area contributed by atoms with Gasteiger partial charge in [0.25, 0.3) is 5.91 Å². The summed E-state index contributed by atoms with van der Waals surface area (Å²) in [7, 11) is 0. The fourth-order valence-electron chi connectivity index (χ4n) is 4.99. The first kappa shape index (κ1) is 23.1. The summed E-state index contributed by atoms with van der Waals surface area (Å²) < 4.78 is 0. The lowest BCUT2D eigenvalue weighted by molar-refractivity contribution is 0.0764. The van der Waals surface area contributed by atoms with Crippen molar-refractivity contribution >= 4 is 29.0 Å². The molecule has 6 heteroatoms. The lowest BCUT2D eigenvalue weighted by Crippen LogP contribution is -2.32. The van der Waals surface area contributed by atoms with Gasteiger partial charge < -0.3 is 19.8 Å². The highest BCUT2D eigenvalue weighted by atomic mass is 32.2. The standard InChI is InChI=1S/C28H33N3O2S/c1-20(2)11-15-29-14-5-6-22(29)12-17-31-24-7-3-4-8-26(24)34-27-18-21(9-10-25(27)31)28(33)30-16-13-23(32)19-30/h3-5,7-11,14,18,22-23,32H,6,12-13,15-17,19H2,1-2H3. The van der Waals surface area contributed by atoms with Gasteiger partial charge in [-0.3, -0.25) is 4.79 Å². The molecular formula is C28H33N3O2S. The van der Waals surface area contributed by atoms with Crippen molar-refractivity contribution in [2.45, 2.75) is 55.0 Å². The molecule has 2 atom stereocenters. The summed E-state index contributed by atoms with van der Waals surface area (Å²) >= 11 is 1.74. The molecule has 3 heterocycles. The number of amides is 1. The van der Waals surface area contributed by atoms with E-state index in [0.29, 0.717) is 31.1 Å². The molecule has 1 saturated heterocycles. The molecular weight excluding hydrogens is 442 g/mol. The number of aliphatic hydroxyl groups is 1. The van der Waals surface area contributed by atoms with E-state index < -0.39 is 6.10 Å². The molecule has 1 fully saturated rings. The summed E-state index contributed by atoms with van der Waals surface area (Å²) in [5.74, 6) is 0.0114. The van der Waals surface area contributed by atoms with Crippen molar-refractivity contribution in [3.8, 4) is 0 Å². The smallest absolute Gasteiger partial charge is 0.253 e. The molecule has 0 bridgehead atoms. The lowest BCUT2D eigenvalue weighted by atomic mass is 10.1. The maximum Gasteiger partial charge on any atom is 0.253 e. The molecule has 2 aromatic carbocycles. The van der Waals surface area contributed by atoms with Gasteiger partial charge in [0.2, 0.25) is 0 Å². The van der Waals surface area contributed by atoms with Crippen LogP contribution in [0.3, 0.4) is 0 Å². The zero-order valence-electron chi connectivity index (χ0n) is 20.0. The van der Waals surface area contributed by atoms with Gasteiger partial charge in [-0.15, -0.1) is 0 Å². The van der Waals surface area contributed by atoms with Crippen LogP contribution in [0, 0.1) is 0 Å². The van der Waals surface area contributed by atoms with Crippen molar-refractivity contribution in [3.63, 3.8) is 0 Å². The zero-order valence-corrected chi connectivity index (χ0v) is 20.8. The van der Waals surface area contributed by atoms with Gasteiger partial charge in [0, 0.05) is 47.6 Å². The highest BCUT2D eigenvalue weighted by Gasteiger charge is 2.29. The fourth-order valence-corrected chi connectivity index (χ4v) is 6.12. The van der Waals surface area contributed by atoms with E-state index in [4.69, 9.17) is 0 Å². The summed E-state index contributed by atoms with van der Waals surface area (Å²) in [6.45, 7) is 7.24. The van der Waals surface area contributed by atoms with Crippen molar-refractivity contribution < 1.29 is 9.90 Å². The Labute approximate surface area is 206 Å². The van der Waals surface area contributed by atoms with Crippen molar-refractivity contribution in [1.82, 2.24) is 9.80 Å². The Morgan fingerprint density at radius 2 is 1.97 bits per heavy atom. The molecule has 1 N–H and O–H groups in total. The Morgan fingerprint density at radius 3 is 2.76 bits per heavy atom. The average molecular weight is 476 g/mol. The molecule has 178 valence electrons. The van der Waals surface area contributed by atoms with E-state index in [0.717, 1.165) is 30.8 Å². The first-order valence-electron chi connectivity index (χ1n) is 12.2. The van der Waals surface area contributed by atoms with Crippen LogP contribution in [0.1, 0.15) is 43.5 Å². The molecule has 1 amide bonds. The number of para-hydroxylation sites is 1. The van der Waals surface area contributed by atoms with E-state index in [1.165, 1.54) is 21.8 Å². The van der Waals surface area contributed by atoms with E-state index in [9.17, 15) is 9.90 Å². The van der Waals surface area contributed by atoms with Crippen molar-refractivity contribution in [1.29, 1.82) is 0 Å². The first-order valence-corrected chi connectivity index (χ1v) is 13.0. The second-order valence-corrected chi connectivity index (χ2v) is 10.7. The number of carbonyl (C=O) groups excluding carboxylic acids is 1. The van der Waals surface area contributed by atoms with Gasteiger partial charge in [-0.05, 0) is 69.6 Å². The van der Waals surface area contributed by atoms with E-state index in [-0.39, 0.29) is 5.91 Å². The van der Waals surface area contributed by atoms with Crippen molar-refractivity contribution in [3.05, 3.63) is 72.0 Å². The van der Waals surface area contributed by atoms with Gasteiger partial charge >= 0.3 is 0 Å². The average Bonchev–Trinajstić information content (AvgIpc) is 3.48. The SMILES string of the molecule is CC(C)=CCN1C=CCC1CCN1c2ccccc2Sc2cc(C(=O)N3CCC(O)C3)ccc21. The lowest BCUT2D eigenvalue weighted by Gasteiger charge is -2.35. The molecule has 0 aliphatic carbocycles. The highest BCUT2D eigenvalue weighted by Crippen LogP contribution is 2.48. The van der Waals surface area contributed by atoms with Crippen LogP contribution in [0.15, 0.2) is 76.2 Å². The van der Waals surface area contributed by atoms with Gasteiger partial charge in [-0.2, -0.15) is 0 Å². The Kier molecular flexibility index (Phi) is 6.70. The van der Waals surface area contributed by atoms with E-state index in [2.05, 4.69) is 72.3 Å². The largest absolute Gasteiger partial charge is 0.391 e. The predicted octanol–water partition coefficient (Wildman–Crippen LogP) is 5.44. The van der Waals surface area contributed by atoms with Crippen LogP contribution < -0.4 is 4.90 Å². The molecule has 0 saturated carbocycles. The number of carbonyl (C=O) groups is 1. The Bertz CT molecular complexity index is 1120. The van der Waals surface area contributed by atoms with E-state index in [1.54, 1.807) is 16.7 Å². The quantitative estimate of drug-likeness (QED) is 0.564. The number of hydrogen-bond donors (Lipinski definition) is 1. The van der Waals surface area contributed by atoms with Gasteiger partial charge in [0.15, 0.2) is 0 Å². The molecule has 34 heavy (non-hydrogen) atoms. The number of allylic oxidation sites excluding steroid dienone is 1. The topological polar surface area (TPSA) is 47.0 Å². The van der Waals surface area contributed by atoms with Crippen LogP contribution in [0.4, 0.5) is 11.4 Å². The van der Waals surface area contributed by atoms with Crippen LogP contribution in [-0.2, 0) is 0 Å². The summed E-state index contributed by atoms with van der Waals surface area (Å²) in [5, 5.41) is 9.84. The van der Waals surface area contributed by atoms with Gasteiger partial charge in [-0.1, -0.05) is 41.6 Å². The number of anilines is 2. The maximum absolute atomic E-state index is 13.0. The molecule has 2 aromatic rings. The summed E-state index contributed by atoms with van der Waals surface area (Å²) in [6.07, 6.45) is 9.22. The maximum atomic E-state index is 13.0. The first-order chi connectivity index (χ1) is 16.5. The Morgan fingerprint density at radius 1 is 1.15 bits per heavy atom. The normalized spacial score (nSPS) is 21.0. The van der Waals surface area contributed by atoms with E-state index >= 15 is 0 Å². The molecule has 0 aromatic heterocycles. The predicted molar refractivity (Wildman–Crippen MR) is 139 cm³/mol. The number of likely N-dealkylation sites (tertiary alicyclic amines) is 1. The summed E-state index contributed by atoms with van der Waals surface area (Å²) in [4.78, 5) is 22.0. The third kappa shape index (κ3) is 4.75. The minimum absolute atomic E-state index is 0.0114. The number of β-amino-alcohol motifs (C(OH)–C–C–N with tert-alkyl or cyclic N) is 1. The molecule has 5 rings (SSSR count). The van der Waals surface area contributed by atoms with Crippen LogP contribution in [0.2, 0.25) is 0 Å². The van der Waals surface area contributed by atoms with Crippen LogP contribution in [0.5, 0.6) is 0 Å². The molecule has 3 aliphatic rings. The number of rotatable bonds is 6. The third-order valence-electron chi connectivity index (χ3n) is 6.89. The summed E-state index contributed by atoms with van der Waals surface area (Å²) in [6, 6.07) is 15.1. The van der Waals surface area contributed by atoms with Crippen molar-refractivity contribution in [2.24, 2.45) is 0 Å². The van der Waals surface area contributed by atoms with Gasteiger partial charge in [0.05, 0.1) is 17.5 Å². The second kappa shape index (κ2) is 9.88. The fraction of sp³-hybridized carbons (Fsp3) is 0.393.